The van der Waals surface area contributed by atoms with Crippen LogP contribution in [0.2, 0.25) is 0 Å². The van der Waals surface area contributed by atoms with Crippen molar-refractivity contribution in [3.8, 4) is 11.5 Å². The van der Waals surface area contributed by atoms with Crippen LogP contribution in [-0.4, -0.2) is 0 Å². The molecule has 1 heteroatoms. The lowest BCUT2D eigenvalue weighted by Gasteiger charge is -2.22. The second-order valence-corrected chi connectivity index (χ2v) is 6.84. The van der Waals surface area contributed by atoms with E-state index in [9.17, 15) is 0 Å². The predicted molar refractivity (Wildman–Crippen MR) is 108 cm³/mol. The monoisotopic (exact) mass is 334 g/mol. The third kappa shape index (κ3) is 2.25. The highest BCUT2D eigenvalue weighted by Crippen LogP contribution is 2.38. The van der Waals surface area contributed by atoms with E-state index in [-0.39, 0.29) is 0 Å². The summed E-state index contributed by atoms with van der Waals surface area (Å²) in [5.74, 6) is 1.85. The van der Waals surface area contributed by atoms with E-state index in [1.807, 2.05) is 6.07 Å². The number of fused-ring (bicyclic) bond motifs is 4. The second-order valence-electron chi connectivity index (χ2n) is 6.84. The van der Waals surface area contributed by atoms with Gasteiger partial charge in [-0.2, -0.15) is 0 Å². The van der Waals surface area contributed by atoms with Crippen LogP contribution in [0.5, 0.6) is 11.5 Å². The molecular weight excluding hydrogens is 316 g/mol. The van der Waals surface area contributed by atoms with Crippen molar-refractivity contribution in [2.75, 3.05) is 0 Å². The van der Waals surface area contributed by atoms with Crippen molar-refractivity contribution < 1.29 is 4.74 Å². The number of benzene rings is 4. The van der Waals surface area contributed by atoms with Crippen molar-refractivity contribution in [3.05, 3.63) is 106 Å². The quantitative estimate of drug-likeness (QED) is 0.423. The molecule has 5 rings (SSSR count). The maximum atomic E-state index is 6.42. The summed E-state index contributed by atoms with van der Waals surface area (Å²) in [5.41, 5.74) is 4.76. The normalized spacial score (nSPS) is 12.4. The highest BCUT2D eigenvalue weighted by molar-refractivity contribution is 5.94. The molecule has 1 aliphatic heterocycles. The van der Waals surface area contributed by atoms with Gasteiger partial charge in [-0.05, 0) is 46.9 Å². The molecular formula is C25H18O. The Morgan fingerprint density at radius 1 is 0.808 bits per heavy atom. The Hall–Kier alpha value is -3.32. The van der Waals surface area contributed by atoms with Gasteiger partial charge in [0.2, 0.25) is 0 Å². The zero-order valence-electron chi connectivity index (χ0n) is 14.6. The molecule has 0 spiro atoms. The van der Waals surface area contributed by atoms with Gasteiger partial charge in [-0.3, -0.25) is 0 Å². The van der Waals surface area contributed by atoms with Crippen LogP contribution in [0, 0.1) is 6.92 Å². The molecule has 0 unspecified atom stereocenters. The zero-order chi connectivity index (χ0) is 17.7. The predicted octanol–water partition coefficient (Wildman–Crippen LogP) is 4.91. The molecule has 0 fully saturated rings. The summed E-state index contributed by atoms with van der Waals surface area (Å²) >= 11 is 0. The van der Waals surface area contributed by atoms with Crippen LogP contribution in [0.1, 0.15) is 16.7 Å². The molecule has 0 radical (unpaired) electrons. The third-order valence-corrected chi connectivity index (χ3v) is 4.99. The molecule has 1 nitrogen and oxygen atoms in total. The Kier molecular flexibility index (Phi) is 3.23. The van der Waals surface area contributed by atoms with Crippen molar-refractivity contribution >= 4 is 22.9 Å². The van der Waals surface area contributed by atoms with Gasteiger partial charge in [-0.25, -0.2) is 0 Å². The molecule has 4 aromatic rings. The Bertz CT molecular complexity index is 1270. The lowest BCUT2D eigenvalue weighted by atomic mass is 9.91. The maximum absolute atomic E-state index is 6.42. The molecule has 0 bridgehead atoms. The smallest absolute Gasteiger partial charge is 0.143 e. The minimum atomic E-state index is 0.919. The molecule has 0 aliphatic carbocycles. The third-order valence-electron chi connectivity index (χ3n) is 4.99. The molecule has 1 heterocycles. The van der Waals surface area contributed by atoms with Crippen molar-refractivity contribution in [2.45, 2.75) is 6.92 Å². The molecule has 0 aromatic heterocycles. The standard InChI is InChI=1S/C25H18O/c1-16-8-11-20-19(14-16)10-13-22-24(18-6-4-3-5-7-18)21-12-9-17(2)15-23(21)26-25(20)22/h3-15H,1H2,2H3. The highest BCUT2D eigenvalue weighted by Gasteiger charge is 2.21. The van der Waals surface area contributed by atoms with E-state index in [4.69, 9.17) is 4.74 Å². The van der Waals surface area contributed by atoms with Crippen molar-refractivity contribution in [1.82, 2.24) is 0 Å². The minimum absolute atomic E-state index is 0.919. The number of aryl methyl sites for hydroxylation is 1. The fraction of sp³-hybridized carbons (Fsp3) is 0.0400. The molecule has 0 saturated heterocycles. The van der Waals surface area contributed by atoms with Crippen molar-refractivity contribution in [1.29, 1.82) is 0 Å². The average molecular weight is 334 g/mol. The van der Waals surface area contributed by atoms with Crippen LogP contribution >= 0.6 is 0 Å². The molecule has 0 saturated carbocycles. The van der Waals surface area contributed by atoms with E-state index in [1.54, 1.807) is 0 Å². The minimum Gasteiger partial charge on any atom is -0.455 e. The Morgan fingerprint density at radius 2 is 1.65 bits per heavy atom. The first-order valence-corrected chi connectivity index (χ1v) is 8.81. The van der Waals surface area contributed by atoms with Crippen molar-refractivity contribution in [3.63, 3.8) is 0 Å². The van der Waals surface area contributed by atoms with E-state index < -0.39 is 0 Å². The fourth-order valence-electron chi connectivity index (χ4n) is 3.75. The van der Waals surface area contributed by atoms with Gasteiger partial charge in [-0.1, -0.05) is 67.2 Å². The molecule has 124 valence electrons. The van der Waals surface area contributed by atoms with Crippen LogP contribution < -0.4 is 15.2 Å². The first kappa shape index (κ1) is 15.0. The largest absolute Gasteiger partial charge is 0.455 e. The summed E-state index contributed by atoms with van der Waals surface area (Å²) in [5, 5.41) is 4.42. The summed E-state index contributed by atoms with van der Waals surface area (Å²) in [6.07, 6.45) is 0. The Morgan fingerprint density at radius 3 is 2.50 bits per heavy atom. The molecule has 26 heavy (non-hydrogen) atoms. The van der Waals surface area contributed by atoms with Gasteiger partial charge < -0.3 is 4.74 Å². The molecule has 4 aromatic carbocycles. The molecule has 1 aliphatic rings. The van der Waals surface area contributed by atoms with Gasteiger partial charge in [0, 0.05) is 21.7 Å². The molecule has 0 N–H and O–H groups in total. The number of hydrogen-bond donors (Lipinski definition) is 0. The summed E-state index contributed by atoms with van der Waals surface area (Å²) in [6.45, 7) is 6.14. The summed E-state index contributed by atoms with van der Waals surface area (Å²) in [7, 11) is 0. The lowest BCUT2D eigenvalue weighted by molar-refractivity contribution is 0.477. The van der Waals surface area contributed by atoms with E-state index in [0.29, 0.717) is 0 Å². The molecule has 0 amide bonds. The fourth-order valence-corrected chi connectivity index (χ4v) is 3.75. The van der Waals surface area contributed by atoms with Crippen LogP contribution in [0.4, 0.5) is 0 Å². The zero-order valence-corrected chi connectivity index (χ0v) is 14.6. The second kappa shape index (κ2) is 5.60. The SMILES string of the molecule is C=c1ccc2c3c(ccc2c1)=C(c1ccccc1)c1ccc(C)cc1O3. The van der Waals surface area contributed by atoms with Crippen LogP contribution in [0.25, 0.3) is 22.9 Å². The summed E-state index contributed by atoms with van der Waals surface area (Å²) < 4.78 is 6.42. The Balaban J connectivity index is 1.96. The van der Waals surface area contributed by atoms with Gasteiger partial charge in [-0.15, -0.1) is 0 Å². The highest BCUT2D eigenvalue weighted by atomic mass is 16.5. The maximum Gasteiger partial charge on any atom is 0.143 e. The van der Waals surface area contributed by atoms with Gasteiger partial charge in [0.15, 0.2) is 0 Å². The van der Waals surface area contributed by atoms with Crippen LogP contribution in [0.3, 0.4) is 0 Å². The van der Waals surface area contributed by atoms with Gasteiger partial charge >= 0.3 is 0 Å². The van der Waals surface area contributed by atoms with Crippen LogP contribution in [-0.2, 0) is 0 Å². The lowest BCUT2D eigenvalue weighted by Crippen LogP contribution is -2.17. The van der Waals surface area contributed by atoms with Gasteiger partial charge in [0.05, 0.1) is 0 Å². The number of ether oxygens (including phenoxy) is 1. The van der Waals surface area contributed by atoms with E-state index in [0.717, 1.165) is 38.3 Å². The topological polar surface area (TPSA) is 9.23 Å². The van der Waals surface area contributed by atoms with E-state index >= 15 is 0 Å². The average Bonchev–Trinajstić information content (AvgIpc) is 2.66. The van der Waals surface area contributed by atoms with E-state index in [1.165, 1.54) is 16.7 Å². The summed E-state index contributed by atoms with van der Waals surface area (Å²) in [6, 6.07) is 27.6. The molecule has 0 atom stereocenters. The van der Waals surface area contributed by atoms with E-state index in [2.05, 4.69) is 86.3 Å². The Labute approximate surface area is 152 Å². The van der Waals surface area contributed by atoms with Crippen molar-refractivity contribution in [2.24, 2.45) is 0 Å². The first-order chi connectivity index (χ1) is 12.7. The number of hydrogen-bond acceptors (Lipinski definition) is 1. The van der Waals surface area contributed by atoms with Gasteiger partial charge in [0.1, 0.15) is 11.5 Å². The van der Waals surface area contributed by atoms with Crippen LogP contribution in [0.15, 0.2) is 78.9 Å². The van der Waals surface area contributed by atoms with Gasteiger partial charge in [0.25, 0.3) is 0 Å². The number of rotatable bonds is 1. The summed E-state index contributed by atoms with van der Waals surface area (Å²) in [4.78, 5) is 0. The first-order valence-electron chi connectivity index (χ1n) is 8.81.